The van der Waals surface area contributed by atoms with Gasteiger partial charge in [-0.2, -0.15) is 5.10 Å². The van der Waals surface area contributed by atoms with Crippen LogP contribution in [0.5, 0.6) is 0 Å². The molecule has 6 heteroatoms. The monoisotopic (exact) mass is 421 g/mol. The van der Waals surface area contributed by atoms with Crippen molar-refractivity contribution in [1.82, 2.24) is 14.7 Å². The lowest BCUT2D eigenvalue weighted by Crippen LogP contribution is -2.52. The molecule has 2 aromatic rings. The van der Waals surface area contributed by atoms with Crippen LogP contribution in [0.4, 0.5) is 0 Å². The predicted molar refractivity (Wildman–Crippen MR) is 118 cm³/mol. The topological polar surface area (TPSA) is 64.4 Å². The van der Waals surface area contributed by atoms with Crippen molar-refractivity contribution in [1.29, 1.82) is 0 Å². The van der Waals surface area contributed by atoms with Crippen molar-refractivity contribution in [2.75, 3.05) is 26.3 Å². The van der Waals surface area contributed by atoms with Gasteiger partial charge in [0.05, 0.1) is 11.1 Å². The number of carbonyl (C=O) groups excluding carboxylic acids is 1. The Labute approximate surface area is 183 Å². The minimum Gasteiger partial charge on any atom is -0.381 e. The molecule has 1 aromatic heterocycles. The van der Waals surface area contributed by atoms with Crippen LogP contribution in [-0.2, 0) is 21.5 Å². The van der Waals surface area contributed by atoms with Gasteiger partial charge < -0.3 is 9.64 Å². The van der Waals surface area contributed by atoms with Crippen molar-refractivity contribution >= 4 is 5.91 Å². The lowest BCUT2D eigenvalue weighted by Gasteiger charge is -2.42. The van der Waals surface area contributed by atoms with E-state index in [2.05, 4.69) is 17.2 Å². The Morgan fingerprint density at radius 1 is 1.00 bits per heavy atom. The maximum absolute atomic E-state index is 13.7. The summed E-state index contributed by atoms with van der Waals surface area (Å²) in [4.78, 5) is 28.1. The SMILES string of the molecule is O=C(N1CCC(Cn2nc(C3CC3)ccc2=O)CC1)C1(c2ccccc2)CCOCC1. The zero-order valence-corrected chi connectivity index (χ0v) is 18.0. The van der Waals surface area contributed by atoms with Gasteiger partial charge >= 0.3 is 0 Å². The quantitative estimate of drug-likeness (QED) is 0.744. The lowest BCUT2D eigenvalue weighted by atomic mass is 9.72. The average molecular weight is 422 g/mol. The first-order valence-corrected chi connectivity index (χ1v) is 11.7. The van der Waals surface area contributed by atoms with Gasteiger partial charge in [-0.1, -0.05) is 30.3 Å². The molecule has 0 radical (unpaired) electrons. The molecule has 164 valence electrons. The number of hydrogen-bond donors (Lipinski definition) is 0. The number of piperidine rings is 1. The van der Waals surface area contributed by atoms with Crippen molar-refractivity contribution in [3.63, 3.8) is 0 Å². The van der Waals surface area contributed by atoms with Crippen LogP contribution in [0.15, 0.2) is 47.3 Å². The summed E-state index contributed by atoms with van der Waals surface area (Å²) in [5, 5.41) is 4.62. The second-order valence-corrected chi connectivity index (χ2v) is 9.35. The fraction of sp³-hybridized carbons (Fsp3) is 0.560. The number of rotatable bonds is 5. The maximum Gasteiger partial charge on any atom is 0.266 e. The van der Waals surface area contributed by atoms with Crippen molar-refractivity contribution in [2.24, 2.45) is 5.92 Å². The van der Waals surface area contributed by atoms with Crippen molar-refractivity contribution < 1.29 is 9.53 Å². The molecule has 0 unspecified atom stereocenters. The second kappa shape index (κ2) is 8.58. The fourth-order valence-electron chi connectivity index (χ4n) is 5.16. The van der Waals surface area contributed by atoms with Crippen LogP contribution in [0.3, 0.4) is 0 Å². The first-order chi connectivity index (χ1) is 15.2. The highest BCUT2D eigenvalue weighted by Crippen LogP contribution is 2.39. The number of nitrogens with zero attached hydrogens (tertiary/aromatic N) is 3. The van der Waals surface area contributed by atoms with Crippen LogP contribution in [0, 0.1) is 5.92 Å². The van der Waals surface area contributed by atoms with E-state index in [1.807, 2.05) is 29.2 Å². The Morgan fingerprint density at radius 2 is 1.71 bits per heavy atom. The molecule has 2 aliphatic heterocycles. The first-order valence-electron chi connectivity index (χ1n) is 11.7. The van der Waals surface area contributed by atoms with Crippen LogP contribution in [0.25, 0.3) is 0 Å². The molecule has 1 amide bonds. The Morgan fingerprint density at radius 3 is 2.39 bits per heavy atom. The third-order valence-corrected chi connectivity index (χ3v) is 7.30. The van der Waals surface area contributed by atoms with E-state index in [-0.39, 0.29) is 11.5 Å². The molecule has 5 rings (SSSR count). The van der Waals surface area contributed by atoms with Crippen LogP contribution >= 0.6 is 0 Å². The largest absolute Gasteiger partial charge is 0.381 e. The van der Waals surface area contributed by atoms with Gasteiger partial charge in [0.1, 0.15) is 0 Å². The third kappa shape index (κ3) is 4.18. The number of benzene rings is 1. The van der Waals surface area contributed by atoms with Gasteiger partial charge in [-0.05, 0) is 56.1 Å². The van der Waals surface area contributed by atoms with Crippen LogP contribution < -0.4 is 5.56 Å². The summed E-state index contributed by atoms with van der Waals surface area (Å²) in [6, 6.07) is 13.8. The second-order valence-electron chi connectivity index (χ2n) is 9.35. The van der Waals surface area contributed by atoms with E-state index in [0.717, 1.165) is 50.0 Å². The van der Waals surface area contributed by atoms with Gasteiger partial charge in [-0.25, -0.2) is 4.68 Å². The molecular weight excluding hydrogens is 390 g/mol. The van der Waals surface area contributed by atoms with Crippen molar-refractivity contribution in [2.45, 2.75) is 56.4 Å². The molecule has 2 saturated heterocycles. The lowest BCUT2D eigenvalue weighted by molar-refractivity contribution is -0.142. The summed E-state index contributed by atoms with van der Waals surface area (Å²) in [5.74, 6) is 1.16. The summed E-state index contributed by atoms with van der Waals surface area (Å²) < 4.78 is 7.25. The van der Waals surface area contributed by atoms with Gasteiger partial charge in [0.25, 0.3) is 5.56 Å². The smallest absolute Gasteiger partial charge is 0.266 e. The molecule has 0 bridgehead atoms. The highest BCUT2D eigenvalue weighted by atomic mass is 16.5. The molecule has 0 spiro atoms. The number of amides is 1. The summed E-state index contributed by atoms with van der Waals surface area (Å²) in [6.45, 7) is 3.40. The molecule has 0 N–H and O–H groups in total. The van der Waals surface area contributed by atoms with Gasteiger partial charge in [-0.15, -0.1) is 0 Å². The van der Waals surface area contributed by atoms with Gasteiger partial charge in [0, 0.05) is 44.8 Å². The number of carbonyl (C=O) groups is 1. The number of likely N-dealkylation sites (tertiary alicyclic amines) is 1. The molecule has 6 nitrogen and oxygen atoms in total. The van der Waals surface area contributed by atoms with Crippen molar-refractivity contribution in [3.8, 4) is 0 Å². The van der Waals surface area contributed by atoms with E-state index in [1.54, 1.807) is 10.7 Å². The van der Waals surface area contributed by atoms with Gasteiger partial charge in [-0.3, -0.25) is 9.59 Å². The standard InChI is InChI=1S/C25H31N3O3/c29-23-9-8-22(20-6-7-20)26-28(23)18-19-10-14-27(15-11-19)24(30)25(12-16-31-17-13-25)21-4-2-1-3-5-21/h1-5,8-9,19-20H,6-7,10-18H2. The van der Waals surface area contributed by atoms with Crippen LogP contribution in [0.2, 0.25) is 0 Å². The normalized spacial score (nSPS) is 21.7. The molecule has 1 aromatic carbocycles. The van der Waals surface area contributed by atoms with E-state index >= 15 is 0 Å². The number of aromatic nitrogens is 2. The summed E-state index contributed by atoms with van der Waals surface area (Å²) in [6.07, 6.45) is 5.66. The Bertz CT molecular complexity index is 969. The molecule has 0 atom stereocenters. The van der Waals surface area contributed by atoms with Crippen LogP contribution in [0.1, 0.15) is 55.7 Å². The number of hydrogen-bond acceptors (Lipinski definition) is 4. The number of ether oxygens (including phenoxy) is 1. The molecule has 3 fully saturated rings. The van der Waals surface area contributed by atoms with E-state index in [0.29, 0.717) is 31.6 Å². The maximum atomic E-state index is 13.7. The van der Waals surface area contributed by atoms with Crippen LogP contribution in [-0.4, -0.2) is 46.9 Å². The Kier molecular flexibility index (Phi) is 5.65. The van der Waals surface area contributed by atoms with E-state index in [9.17, 15) is 9.59 Å². The zero-order chi connectivity index (χ0) is 21.3. The Hall–Kier alpha value is -2.47. The van der Waals surface area contributed by atoms with E-state index < -0.39 is 5.41 Å². The minimum atomic E-state index is -0.469. The summed E-state index contributed by atoms with van der Waals surface area (Å²) in [5.41, 5.74) is 1.67. The molecule has 1 aliphatic carbocycles. The average Bonchev–Trinajstić information content (AvgIpc) is 3.67. The summed E-state index contributed by atoms with van der Waals surface area (Å²) >= 11 is 0. The summed E-state index contributed by atoms with van der Waals surface area (Å²) in [7, 11) is 0. The zero-order valence-electron chi connectivity index (χ0n) is 18.0. The molecule has 31 heavy (non-hydrogen) atoms. The molecule has 3 heterocycles. The highest BCUT2D eigenvalue weighted by Gasteiger charge is 2.44. The minimum absolute atomic E-state index is 0.0202. The molecular formula is C25H31N3O3. The Balaban J connectivity index is 1.26. The van der Waals surface area contributed by atoms with Gasteiger partial charge in [0.15, 0.2) is 0 Å². The fourth-order valence-corrected chi connectivity index (χ4v) is 5.16. The van der Waals surface area contributed by atoms with E-state index in [4.69, 9.17) is 4.74 Å². The predicted octanol–water partition coefficient (Wildman–Crippen LogP) is 3.11. The molecule has 1 saturated carbocycles. The first kappa shape index (κ1) is 20.4. The molecule has 3 aliphatic rings. The van der Waals surface area contributed by atoms with E-state index in [1.165, 1.54) is 12.8 Å². The third-order valence-electron chi connectivity index (χ3n) is 7.30. The van der Waals surface area contributed by atoms with Crippen molar-refractivity contribution in [3.05, 3.63) is 64.1 Å². The highest BCUT2D eigenvalue weighted by molar-refractivity contribution is 5.88. The van der Waals surface area contributed by atoms with Gasteiger partial charge in [0.2, 0.25) is 5.91 Å².